The number of nitrogens with zero attached hydrogens (tertiary/aromatic N) is 2. The van der Waals surface area contributed by atoms with Gasteiger partial charge in [-0.1, -0.05) is 36.2 Å². The average Bonchev–Trinajstić information content (AvgIpc) is 3.24. The predicted octanol–water partition coefficient (Wildman–Crippen LogP) is 3.19. The first kappa shape index (κ1) is 17.1. The van der Waals surface area contributed by atoms with E-state index in [4.69, 9.17) is 16.3 Å². The molecule has 0 unspecified atom stereocenters. The van der Waals surface area contributed by atoms with Gasteiger partial charge in [0.15, 0.2) is 5.82 Å². The summed E-state index contributed by atoms with van der Waals surface area (Å²) >= 11 is 7.14. The third-order valence-corrected chi connectivity index (χ3v) is 4.85. The van der Waals surface area contributed by atoms with E-state index in [0.29, 0.717) is 33.5 Å². The second-order valence-electron chi connectivity index (χ2n) is 5.64. The van der Waals surface area contributed by atoms with E-state index < -0.39 is 0 Å². The van der Waals surface area contributed by atoms with Gasteiger partial charge in [0.25, 0.3) is 0 Å². The maximum Gasteiger partial charge on any atom is 0.230 e. The number of ether oxygens (including phenoxy) is 1. The monoisotopic (exact) mass is 366 g/mol. The molecular weight excluding hydrogens is 348 g/mol. The lowest BCUT2D eigenvalue weighted by Crippen LogP contribution is -2.33. The van der Waals surface area contributed by atoms with Gasteiger partial charge in [-0.2, -0.15) is 0 Å². The molecule has 1 heterocycles. The van der Waals surface area contributed by atoms with Gasteiger partial charge in [0.2, 0.25) is 11.1 Å². The van der Waals surface area contributed by atoms with Gasteiger partial charge >= 0.3 is 0 Å². The first-order valence-corrected chi connectivity index (χ1v) is 9.27. The standard InChI is InChI=1S/C16H19ClN4O2S/c17-11-5-7-13(8-6-11)23-9-14-19-16(21-20-14)24-10-15(22)18-12-3-1-2-4-12/h5-8,12H,1-4,9-10H2,(H,18,22)(H,19,20,21). The molecule has 0 saturated heterocycles. The maximum atomic E-state index is 11.9. The van der Waals surface area contributed by atoms with Crippen molar-refractivity contribution in [2.45, 2.75) is 43.5 Å². The molecule has 0 bridgehead atoms. The maximum absolute atomic E-state index is 11.9. The smallest absolute Gasteiger partial charge is 0.230 e. The van der Waals surface area contributed by atoms with Gasteiger partial charge in [-0.3, -0.25) is 9.89 Å². The first-order chi connectivity index (χ1) is 11.7. The van der Waals surface area contributed by atoms with Crippen LogP contribution in [-0.2, 0) is 11.4 Å². The van der Waals surface area contributed by atoms with Crippen molar-refractivity contribution < 1.29 is 9.53 Å². The van der Waals surface area contributed by atoms with Crippen molar-refractivity contribution in [1.29, 1.82) is 0 Å². The Balaban J connectivity index is 1.41. The third-order valence-electron chi connectivity index (χ3n) is 3.75. The zero-order valence-corrected chi connectivity index (χ0v) is 14.7. The third kappa shape index (κ3) is 5.14. The van der Waals surface area contributed by atoms with Gasteiger partial charge in [0.05, 0.1) is 5.75 Å². The zero-order valence-electron chi connectivity index (χ0n) is 13.1. The van der Waals surface area contributed by atoms with Gasteiger partial charge in [-0.15, -0.1) is 5.10 Å². The second kappa shape index (κ2) is 8.39. The highest BCUT2D eigenvalue weighted by atomic mass is 35.5. The Bertz CT molecular complexity index is 671. The topological polar surface area (TPSA) is 79.9 Å². The summed E-state index contributed by atoms with van der Waals surface area (Å²) < 4.78 is 5.59. The highest BCUT2D eigenvalue weighted by molar-refractivity contribution is 7.99. The molecule has 1 aliphatic carbocycles. The Hall–Kier alpha value is -1.73. The number of benzene rings is 1. The Kier molecular flexibility index (Phi) is 5.98. The molecule has 1 aromatic heterocycles. The van der Waals surface area contributed by atoms with Crippen LogP contribution >= 0.6 is 23.4 Å². The molecule has 24 heavy (non-hydrogen) atoms. The molecule has 2 aromatic rings. The Morgan fingerprint density at radius 1 is 1.33 bits per heavy atom. The van der Waals surface area contributed by atoms with Crippen molar-refractivity contribution in [3.63, 3.8) is 0 Å². The van der Waals surface area contributed by atoms with E-state index in [1.807, 2.05) is 0 Å². The minimum atomic E-state index is 0.0377. The lowest BCUT2D eigenvalue weighted by Gasteiger charge is -2.10. The summed E-state index contributed by atoms with van der Waals surface area (Å²) in [6.45, 7) is 0.281. The van der Waals surface area contributed by atoms with Crippen LogP contribution in [-0.4, -0.2) is 32.9 Å². The Morgan fingerprint density at radius 3 is 2.83 bits per heavy atom. The number of hydrogen-bond acceptors (Lipinski definition) is 5. The number of H-pyrrole nitrogens is 1. The van der Waals surface area contributed by atoms with Gasteiger partial charge in [0, 0.05) is 11.1 Å². The number of aromatic nitrogens is 3. The van der Waals surface area contributed by atoms with Gasteiger partial charge < -0.3 is 10.1 Å². The Morgan fingerprint density at radius 2 is 2.08 bits per heavy atom. The molecule has 0 radical (unpaired) electrons. The van der Waals surface area contributed by atoms with Crippen LogP contribution in [0.4, 0.5) is 0 Å². The summed E-state index contributed by atoms with van der Waals surface area (Å²) in [4.78, 5) is 16.2. The molecule has 1 aromatic carbocycles. The van der Waals surface area contributed by atoms with Crippen LogP contribution in [0.2, 0.25) is 5.02 Å². The van der Waals surface area contributed by atoms with Crippen molar-refractivity contribution >= 4 is 29.3 Å². The van der Waals surface area contributed by atoms with Crippen molar-refractivity contribution in [2.75, 3.05) is 5.75 Å². The summed E-state index contributed by atoms with van der Waals surface area (Å²) in [6.07, 6.45) is 4.58. The number of aromatic amines is 1. The van der Waals surface area contributed by atoms with Crippen molar-refractivity contribution in [3.8, 4) is 5.75 Å². The average molecular weight is 367 g/mol. The highest BCUT2D eigenvalue weighted by Crippen LogP contribution is 2.19. The minimum Gasteiger partial charge on any atom is -0.486 e. The van der Waals surface area contributed by atoms with E-state index >= 15 is 0 Å². The summed E-state index contributed by atoms with van der Waals surface area (Å²) in [5.41, 5.74) is 0. The molecule has 8 heteroatoms. The molecule has 1 saturated carbocycles. The van der Waals surface area contributed by atoms with Crippen molar-refractivity contribution in [1.82, 2.24) is 20.5 Å². The fraction of sp³-hybridized carbons (Fsp3) is 0.438. The number of rotatable bonds is 7. The summed E-state index contributed by atoms with van der Waals surface area (Å²) in [5.74, 6) is 1.69. The molecule has 1 amide bonds. The fourth-order valence-corrected chi connectivity index (χ4v) is 3.31. The fourth-order valence-electron chi connectivity index (χ4n) is 2.56. The number of carbonyl (C=O) groups is 1. The van der Waals surface area contributed by atoms with Gasteiger partial charge in [-0.25, -0.2) is 4.98 Å². The quantitative estimate of drug-likeness (QED) is 0.735. The second-order valence-corrected chi connectivity index (χ2v) is 7.02. The molecule has 0 atom stereocenters. The van der Waals surface area contributed by atoms with Crippen LogP contribution < -0.4 is 10.1 Å². The lowest BCUT2D eigenvalue weighted by molar-refractivity contribution is -0.119. The molecule has 6 nitrogen and oxygen atoms in total. The number of hydrogen-bond donors (Lipinski definition) is 2. The van der Waals surface area contributed by atoms with E-state index in [1.165, 1.54) is 24.6 Å². The SMILES string of the molecule is O=C(CSc1n[nH]c(COc2ccc(Cl)cc2)n1)NC1CCCC1. The van der Waals surface area contributed by atoms with E-state index in [9.17, 15) is 4.79 Å². The van der Waals surface area contributed by atoms with E-state index in [0.717, 1.165) is 12.8 Å². The van der Waals surface area contributed by atoms with E-state index in [2.05, 4.69) is 20.5 Å². The first-order valence-electron chi connectivity index (χ1n) is 7.91. The summed E-state index contributed by atoms with van der Waals surface area (Å²) in [6, 6.07) is 7.46. The molecular formula is C16H19ClN4O2S. The number of carbonyl (C=O) groups excluding carboxylic acids is 1. The van der Waals surface area contributed by atoms with Crippen LogP contribution in [0.3, 0.4) is 0 Å². The number of thioether (sulfide) groups is 1. The number of amides is 1. The highest BCUT2D eigenvalue weighted by Gasteiger charge is 2.17. The largest absolute Gasteiger partial charge is 0.486 e. The number of halogens is 1. The van der Waals surface area contributed by atoms with Crippen LogP contribution in [0.1, 0.15) is 31.5 Å². The molecule has 2 N–H and O–H groups in total. The van der Waals surface area contributed by atoms with Crippen LogP contribution in [0.5, 0.6) is 5.75 Å². The Labute approximate surface area is 149 Å². The zero-order chi connectivity index (χ0) is 16.8. The normalized spacial score (nSPS) is 14.7. The summed E-state index contributed by atoms with van der Waals surface area (Å²) in [7, 11) is 0. The molecule has 3 rings (SSSR count). The van der Waals surface area contributed by atoms with Gasteiger partial charge in [0.1, 0.15) is 12.4 Å². The van der Waals surface area contributed by atoms with Crippen LogP contribution in [0.15, 0.2) is 29.4 Å². The van der Waals surface area contributed by atoms with Crippen molar-refractivity contribution in [3.05, 3.63) is 35.1 Å². The van der Waals surface area contributed by atoms with Gasteiger partial charge in [-0.05, 0) is 37.1 Å². The van der Waals surface area contributed by atoms with E-state index in [1.54, 1.807) is 24.3 Å². The molecule has 128 valence electrons. The predicted molar refractivity (Wildman–Crippen MR) is 93.3 cm³/mol. The molecule has 1 fully saturated rings. The van der Waals surface area contributed by atoms with Crippen molar-refractivity contribution in [2.24, 2.45) is 0 Å². The summed E-state index contributed by atoms with van der Waals surface area (Å²) in [5, 5.41) is 11.2. The number of nitrogens with one attached hydrogen (secondary N) is 2. The van der Waals surface area contributed by atoms with E-state index in [-0.39, 0.29) is 12.5 Å². The van der Waals surface area contributed by atoms with Crippen LogP contribution in [0, 0.1) is 0 Å². The molecule has 1 aliphatic rings. The molecule has 0 aliphatic heterocycles. The minimum absolute atomic E-state index is 0.0377. The van der Waals surface area contributed by atoms with Crippen LogP contribution in [0.25, 0.3) is 0 Å². The molecule has 0 spiro atoms. The lowest BCUT2D eigenvalue weighted by atomic mass is 10.2.